The van der Waals surface area contributed by atoms with E-state index < -0.39 is 0 Å². The zero-order valence-corrected chi connectivity index (χ0v) is 11.7. The maximum Gasteiger partial charge on any atom is 0.103 e. The molecule has 6 unspecified atom stereocenters. The molecule has 2 aliphatic carbocycles. The fraction of sp³-hybridized carbons (Fsp3) is 0.867. The summed E-state index contributed by atoms with van der Waals surface area (Å²) in [6, 6.07) is 0. The van der Waals surface area contributed by atoms with Crippen molar-refractivity contribution in [2.75, 3.05) is 6.61 Å². The fourth-order valence-electron chi connectivity index (χ4n) is 4.61. The fourth-order valence-corrected chi connectivity index (χ4v) is 4.61. The third-order valence-electron chi connectivity index (χ3n) is 5.89. The Bertz CT molecular complexity index is 376. The highest BCUT2D eigenvalue weighted by Crippen LogP contribution is 2.61. The van der Waals surface area contributed by atoms with Crippen LogP contribution in [0.2, 0.25) is 0 Å². The molecule has 3 rings (SSSR count). The van der Waals surface area contributed by atoms with Crippen molar-refractivity contribution < 1.29 is 14.9 Å². The third kappa shape index (κ3) is 1.36. The lowest BCUT2D eigenvalue weighted by Gasteiger charge is -2.49. The van der Waals surface area contributed by atoms with Crippen LogP contribution in [0.25, 0.3) is 0 Å². The molecule has 0 aromatic heterocycles. The van der Waals surface area contributed by atoms with Gasteiger partial charge in [-0.25, -0.2) is 9.78 Å². The molecule has 1 saturated heterocycles. The van der Waals surface area contributed by atoms with Crippen molar-refractivity contribution in [3.63, 3.8) is 0 Å². The Kier molecular flexibility index (Phi) is 2.85. The van der Waals surface area contributed by atoms with Crippen LogP contribution in [0.15, 0.2) is 11.6 Å². The number of hydrogen-bond donors (Lipinski definition) is 1. The van der Waals surface area contributed by atoms with E-state index in [0.717, 1.165) is 6.42 Å². The van der Waals surface area contributed by atoms with Crippen LogP contribution >= 0.6 is 0 Å². The molecule has 2 fully saturated rings. The van der Waals surface area contributed by atoms with Gasteiger partial charge in [0.1, 0.15) is 12.2 Å². The molecule has 1 saturated carbocycles. The molecule has 2 bridgehead atoms. The molecule has 1 heterocycles. The first-order valence-electron chi connectivity index (χ1n) is 7.14. The second-order valence-electron chi connectivity index (χ2n) is 6.74. The summed E-state index contributed by atoms with van der Waals surface area (Å²) in [6.45, 7) is 9.22. The van der Waals surface area contributed by atoms with Gasteiger partial charge in [0.25, 0.3) is 0 Å². The molecule has 3 aliphatic rings. The zero-order chi connectivity index (χ0) is 13.1. The lowest BCUT2D eigenvalue weighted by Crippen LogP contribution is -2.53. The Morgan fingerprint density at radius 3 is 2.67 bits per heavy atom. The largest absolute Gasteiger partial charge is 0.392 e. The molecular weight excluding hydrogens is 228 g/mol. The summed E-state index contributed by atoms with van der Waals surface area (Å²) in [6.07, 6.45) is 3.60. The van der Waals surface area contributed by atoms with Gasteiger partial charge in [-0.15, -0.1) is 0 Å². The molecule has 1 N–H and O–H groups in total. The molecule has 6 atom stereocenters. The van der Waals surface area contributed by atoms with Crippen LogP contribution in [-0.2, 0) is 9.78 Å². The quantitative estimate of drug-likeness (QED) is 0.606. The van der Waals surface area contributed by atoms with Gasteiger partial charge < -0.3 is 5.11 Å². The summed E-state index contributed by atoms with van der Waals surface area (Å²) in [5.74, 6) is 1.92. The van der Waals surface area contributed by atoms with Gasteiger partial charge in [0.15, 0.2) is 0 Å². The summed E-state index contributed by atoms with van der Waals surface area (Å²) in [5.41, 5.74) is 1.23. The van der Waals surface area contributed by atoms with Crippen LogP contribution in [0.3, 0.4) is 0 Å². The molecule has 0 radical (unpaired) electrons. The summed E-state index contributed by atoms with van der Waals surface area (Å²) in [4.78, 5) is 11.3. The summed E-state index contributed by atoms with van der Waals surface area (Å²) in [7, 11) is 0. The Balaban J connectivity index is 2.00. The molecule has 102 valence electrons. The second-order valence-corrected chi connectivity index (χ2v) is 6.74. The maximum absolute atomic E-state index is 9.61. The van der Waals surface area contributed by atoms with Crippen molar-refractivity contribution >= 4 is 0 Å². The van der Waals surface area contributed by atoms with Crippen LogP contribution in [0.5, 0.6) is 0 Å². The Hall–Kier alpha value is -0.380. The van der Waals surface area contributed by atoms with Gasteiger partial charge in [-0.1, -0.05) is 33.8 Å². The number of rotatable bonds is 2. The first-order chi connectivity index (χ1) is 8.51. The van der Waals surface area contributed by atoms with Gasteiger partial charge >= 0.3 is 0 Å². The highest BCUT2D eigenvalue weighted by atomic mass is 17.2. The molecule has 0 aromatic rings. The van der Waals surface area contributed by atoms with Crippen molar-refractivity contribution in [2.45, 2.75) is 46.3 Å². The molecule has 3 heteroatoms. The molecule has 0 amide bonds. The van der Waals surface area contributed by atoms with Crippen LogP contribution < -0.4 is 0 Å². The van der Waals surface area contributed by atoms with Gasteiger partial charge in [0.05, 0.1) is 6.61 Å². The van der Waals surface area contributed by atoms with Gasteiger partial charge in [0.2, 0.25) is 0 Å². The standard InChI is InChI=1S/C15H24O3/c1-8(2)12-13-9(3)15(4)10(7-16)5-6-11(15)14(12)18-17-13/h5,8-9,11-14,16H,6-7H2,1-4H3. The summed E-state index contributed by atoms with van der Waals surface area (Å²) < 4.78 is 0. The van der Waals surface area contributed by atoms with Crippen molar-refractivity contribution in [3.05, 3.63) is 11.6 Å². The van der Waals surface area contributed by atoms with Gasteiger partial charge in [-0.05, 0) is 23.8 Å². The Morgan fingerprint density at radius 2 is 2.06 bits per heavy atom. The lowest BCUT2D eigenvalue weighted by atomic mass is 9.54. The molecular formula is C15H24O3. The van der Waals surface area contributed by atoms with E-state index in [1.807, 2.05) is 0 Å². The average Bonchev–Trinajstić information content (AvgIpc) is 2.86. The van der Waals surface area contributed by atoms with E-state index in [0.29, 0.717) is 23.7 Å². The van der Waals surface area contributed by atoms with Crippen LogP contribution in [0.1, 0.15) is 34.1 Å². The van der Waals surface area contributed by atoms with E-state index in [9.17, 15) is 5.11 Å². The average molecular weight is 252 g/mol. The number of aliphatic hydroxyl groups is 1. The summed E-state index contributed by atoms with van der Waals surface area (Å²) >= 11 is 0. The minimum atomic E-state index is 0.0476. The normalized spacial score (nSPS) is 50.6. The molecule has 3 nitrogen and oxygen atoms in total. The van der Waals surface area contributed by atoms with E-state index in [2.05, 4.69) is 33.8 Å². The van der Waals surface area contributed by atoms with E-state index >= 15 is 0 Å². The SMILES string of the molecule is CC(C)C1C2OOC1C1CC=C(CO)C1(C)C2C. The number of fused-ring (bicyclic) bond motifs is 4. The summed E-state index contributed by atoms with van der Waals surface area (Å²) in [5, 5.41) is 9.61. The van der Waals surface area contributed by atoms with Gasteiger partial charge in [-0.3, -0.25) is 0 Å². The zero-order valence-electron chi connectivity index (χ0n) is 11.7. The minimum absolute atomic E-state index is 0.0476. The predicted octanol–water partition coefficient (Wildman–Crippen LogP) is 2.55. The van der Waals surface area contributed by atoms with Crippen LogP contribution in [0, 0.1) is 29.1 Å². The second kappa shape index (κ2) is 4.06. The molecule has 18 heavy (non-hydrogen) atoms. The highest BCUT2D eigenvalue weighted by molar-refractivity contribution is 5.28. The van der Waals surface area contributed by atoms with Crippen LogP contribution in [-0.4, -0.2) is 23.9 Å². The van der Waals surface area contributed by atoms with Gasteiger partial charge in [-0.2, -0.15) is 0 Å². The Labute approximate surface area is 109 Å². The number of aliphatic hydroxyl groups excluding tert-OH is 1. The maximum atomic E-state index is 9.61. The molecule has 1 aliphatic heterocycles. The lowest BCUT2D eigenvalue weighted by molar-refractivity contribution is -0.298. The monoisotopic (exact) mass is 252 g/mol. The topological polar surface area (TPSA) is 38.7 Å². The third-order valence-corrected chi connectivity index (χ3v) is 5.89. The van der Waals surface area contributed by atoms with E-state index in [-0.39, 0.29) is 24.2 Å². The number of hydrogen-bond acceptors (Lipinski definition) is 3. The van der Waals surface area contributed by atoms with E-state index in [1.54, 1.807) is 0 Å². The highest BCUT2D eigenvalue weighted by Gasteiger charge is 2.63. The Morgan fingerprint density at radius 1 is 1.39 bits per heavy atom. The number of allylic oxidation sites excluding steroid dienone is 1. The molecule has 0 spiro atoms. The van der Waals surface area contributed by atoms with Crippen molar-refractivity contribution in [2.24, 2.45) is 29.1 Å². The van der Waals surface area contributed by atoms with Crippen molar-refractivity contribution in [1.82, 2.24) is 0 Å². The van der Waals surface area contributed by atoms with Crippen molar-refractivity contribution in [1.29, 1.82) is 0 Å². The molecule has 0 aromatic carbocycles. The minimum Gasteiger partial charge on any atom is -0.392 e. The first kappa shape index (κ1) is 12.6. The predicted molar refractivity (Wildman–Crippen MR) is 68.6 cm³/mol. The van der Waals surface area contributed by atoms with E-state index in [4.69, 9.17) is 9.78 Å². The first-order valence-corrected chi connectivity index (χ1v) is 7.14. The van der Waals surface area contributed by atoms with Crippen LogP contribution in [0.4, 0.5) is 0 Å². The van der Waals surface area contributed by atoms with Gasteiger partial charge in [0, 0.05) is 17.3 Å². The van der Waals surface area contributed by atoms with E-state index in [1.165, 1.54) is 5.57 Å². The van der Waals surface area contributed by atoms with Crippen molar-refractivity contribution in [3.8, 4) is 0 Å². The smallest absolute Gasteiger partial charge is 0.103 e.